The number of amides is 1. The molecule has 0 bridgehead atoms. The molecule has 3 aromatic rings. The molecular formula is C20H20N2O4S2. The van der Waals surface area contributed by atoms with Gasteiger partial charge in [0.2, 0.25) is 15.9 Å². The van der Waals surface area contributed by atoms with Gasteiger partial charge in [0, 0.05) is 18.7 Å². The molecule has 0 aliphatic carbocycles. The van der Waals surface area contributed by atoms with E-state index in [4.69, 9.17) is 4.74 Å². The summed E-state index contributed by atoms with van der Waals surface area (Å²) < 4.78 is 32.4. The highest BCUT2D eigenvalue weighted by Gasteiger charge is 2.15. The molecule has 0 aliphatic rings. The Balaban J connectivity index is 1.48. The first kappa shape index (κ1) is 20.1. The molecule has 0 unspecified atom stereocenters. The van der Waals surface area contributed by atoms with Crippen molar-refractivity contribution in [2.45, 2.75) is 17.6 Å². The van der Waals surface area contributed by atoms with Crippen LogP contribution < -0.4 is 14.8 Å². The Labute approximate surface area is 168 Å². The Bertz CT molecular complexity index is 1030. The number of sulfonamides is 1. The zero-order chi connectivity index (χ0) is 20.0. The first-order valence-corrected chi connectivity index (χ1v) is 11.0. The van der Waals surface area contributed by atoms with Gasteiger partial charge in [-0.2, -0.15) is 0 Å². The first-order valence-electron chi connectivity index (χ1n) is 8.60. The molecule has 1 amide bonds. The summed E-state index contributed by atoms with van der Waals surface area (Å²) in [5.41, 5.74) is 1.72. The average molecular weight is 417 g/mol. The van der Waals surface area contributed by atoms with Crippen LogP contribution in [0.15, 0.2) is 70.3 Å². The second-order valence-electron chi connectivity index (χ2n) is 6.07. The monoisotopic (exact) mass is 416 g/mol. The smallest absolute Gasteiger partial charge is 0.250 e. The summed E-state index contributed by atoms with van der Waals surface area (Å²) in [6.07, 6.45) is 0.0339. The highest BCUT2D eigenvalue weighted by atomic mass is 32.2. The third-order valence-corrected chi connectivity index (χ3v) is 6.63. The van der Waals surface area contributed by atoms with E-state index >= 15 is 0 Å². The minimum atomic E-state index is -3.55. The molecule has 6 nitrogen and oxygen atoms in total. The molecule has 0 saturated heterocycles. The fourth-order valence-electron chi connectivity index (χ4n) is 2.43. The largest absolute Gasteiger partial charge is 0.457 e. The van der Waals surface area contributed by atoms with Gasteiger partial charge in [-0.05, 0) is 60.3 Å². The van der Waals surface area contributed by atoms with Crippen molar-refractivity contribution >= 4 is 33.0 Å². The molecule has 0 atom stereocenters. The average Bonchev–Trinajstić information content (AvgIpc) is 3.19. The van der Waals surface area contributed by atoms with Gasteiger partial charge >= 0.3 is 0 Å². The summed E-state index contributed by atoms with van der Waals surface area (Å²) >= 11 is 1.13. The molecule has 3 rings (SSSR count). The number of carbonyl (C=O) groups is 1. The maximum Gasteiger partial charge on any atom is 0.250 e. The summed E-state index contributed by atoms with van der Waals surface area (Å²) in [5.74, 6) is 1.13. The summed E-state index contributed by atoms with van der Waals surface area (Å²) in [5, 5.41) is 4.42. The van der Waals surface area contributed by atoms with Gasteiger partial charge in [-0.15, -0.1) is 11.3 Å². The van der Waals surface area contributed by atoms with Crippen molar-refractivity contribution < 1.29 is 17.9 Å². The van der Waals surface area contributed by atoms with Gasteiger partial charge in [0.15, 0.2) is 0 Å². The van der Waals surface area contributed by atoms with Crippen molar-refractivity contribution in [1.29, 1.82) is 0 Å². The van der Waals surface area contributed by atoms with Crippen LogP contribution in [0.1, 0.15) is 12.0 Å². The van der Waals surface area contributed by atoms with Gasteiger partial charge in [0.25, 0.3) is 0 Å². The summed E-state index contributed by atoms with van der Waals surface area (Å²) in [6.45, 7) is 2.02. The zero-order valence-electron chi connectivity index (χ0n) is 15.2. The summed E-state index contributed by atoms with van der Waals surface area (Å²) in [7, 11) is -3.55. The number of ether oxygens (including phenoxy) is 1. The van der Waals surface area contributed by atoms with Crippen LogP contribution >= 0.6 is 11.3 Å². The third-order valence-electron chi connectivity index (χ3n) is 3.77. The molecule has 28 heavy (non-hydrogen) atoms. The molecule has 0 aliphatic heterocycles. The lowest BCUT2D eigenvalue weighted by Crippen LogP contribution is -2.27. The van der Waals surface area contributed by atoms with Gasteiger partial charge in [-0.1, -0.05) is 18.2 Å². The second kappa shape index (κ2) is 9.01. The van der Waals surface area contributed by atoms with E-state index in [0.29, 0.717) is 11.4 Å². The van der Waals surface area contributed by atoms with Crippen LogP contribution in [0.25, 0.3) is 0 Å². The fourth-order valence-corrected chi connectivity index (χ4v) is 4.50. The molecule has 2 N–H and O–H groups in total. The molecule has 0 radical (unpaired) electrons. The first-order chi connectivity index (χ1) is 13.4. The van der Waals surface area contributed by atoms with E-state index in [1.165, 1.54) is 6.07 Å². The number of rotatable bonds is 8. The van der Waals surface area contributed by atoms with E-state index in [1.807, 2.05) is 31.2 Å². The highest BCUT2D eigenvalue weighted by molar-refractivity contribution is 7.91. The normalized spacial score (nSPS) is 11.2. The number of anilines is 1. The second-order valence-corrected chi connectivity index (χ2v) is 9.01. The van der Waals surface area contributed by atoms with Crippen LogP contribution in [0.4, 0.5) is 5.69 Å². The van der Waals surface area contributed by atoms with Crippen molar-refractivity contribution in [2.75, 3.05) is 11.9 Å². The van der Waals surface area contributed by atoms with Crippen molar-refractivity contribution in [3.8, 4) is 11.5 Å². The minimum Gasteiger partial charge on any atom is -0.457 e. The van der Waals surface area contributed by atoms with E-state index in [9.17, 15) is 13.2 Å². The number of hydrogen-bond acceptors (Lipinski definition) is 5. The van der Waals surface area contributed by atoms with Gasteiger partial charge in [0.1, 0.15) is 15.7 Å². The SMILES string of the molecule is Cc1cccc(Oc2ccc(NC(=O)CCNS(=O)(=O)c3cccs3)cc2)c1. The van der Waals surface area contributed by atoms with E-state index in [0.717, 1.165) is 22.6 Å². The lowest BCUT2D eigenvalue weighted by molar-refractivity contribution is -0.116. The van der Waals surface area contributed by atoms with Crippen LogP contribution in [0, 0.1) is 6.92 Å². The molecule has 0 saturated carbocycles. The van der Waals surface area contributed by atoms with Crippen LogP contribution in [-0.4, -0.2) is 20.9 Å². The molecule has 0 fully saturated rings. The number of carbonyl (C=O) groups excluding carboxylic acids is 1. The Kier molecular flexibility index (Phi) is 6.45. The summed E-state index contributed by atoms with van der Waals surface area (Å²) in [6, 6.07) is 17.9. The lowest BCUT2D eigenvalue weighted by Gasteiger charge is -2.09. The fraction of sp³-hybridized carbons (Fsp3) is 0.150. The number of hydrogen-bond donors (Lipinski definition) is 2. The molecule has 1 heterocycles. The van der Waals surface area contributed by atoms with Crippen molar-refractivity contribution in [3.63, 3.8) is 0 Å². The van der Waals surface area contributed by atoms with Gasteiger partial charge in [0.05, 0.1) is 0 Å². The summed E-state index contributed by atoms with van der Waals surface area (Å²) in [4.78, 5) is 12.0. The van der Waals surface area contributed by atoms with E-state index in [1.54, 1.807) is 35.7 Å². The number of nitrogens with one attached hydrogen (secondary N) is 2. The number of benzene rings is 2. The predicted molar refractivity (Wildman–Crippen MR) is 110 cm³/mol. The molecule has 8 heteroatoms. The molecule has 146 valence electrons. The maximum atomic E-state index is 12.0. The van der Waals surface area contributed by atoms with Crippen LogP contribution in [0.5, 0.6) is 11.5 Å². The predicted octanol–water partition coefficient (Wildman–Crippen LogP) is 4.16. The number of thiophene rings is 1. The standard InChI is InChI=1S/C20H20N2O4S2/c1-15-4-2-5-18(14-15)26-17-9-7-16(8-10-17)22-19(23)11-12-21-28(24,25)20-6-3-13-27-20/h2-10,13-14,21H,11-12H2,1H3,(H,22,23). The van der Waals surface area contributed by atoms with Gasteiger partial charge in [-0.25, -0.2) is 13.1 Å². The molecule has 0 spiro atoms. The van der Waals surface area contributed by atoms with Crippen molar-refractivity contribution in [3.05, 3.63) is 71.6 Å². The maximum absolute atomic E-state index is 12.0. The van der Waals surface area contributed by atoms with Crippen LogP contribution in [-0.2, 0) is 14.8 Å². The quantitative estimate of drug-likeness (QED) is 0.578. The van der Waals surface area contributed by atoms with E-state index in [-0.39, 0.29) is 23.1 Å². The van der Waals surface area contributed by atoms with Crippen molar-refractivity contribution in [1.82, 2.24) is 4.72 Å². The van der Waals surface area contributed by atoms with E-state index in [2.05, 4.69) is 10.0 Å². The van der Waals surface area contributed by atoms with Gasteiger partial charge < -0.3 is 10.1 Å². The number of aryl methyl sites for hydroxylation is 1. The van der Waals surface area contributed by atoms with Crippen LogP contribution in [0.3, 0.4) is 0 Å². The Morgan fingerprint density at radius 3 is 2.50 bits per heavy atom. The van der Waals surface area contributed by atoms with E-state index < -0.39 is 10.0 Å². The molecule has 2 aromatic carbocycles. The minimum absolute atomic E-state index is 0.0284. The van der Waals surface area contributed by atoms with Crippen LogP contribution in [0.2, 0.25) is 0 Å². The topological polar surface area (TPSA) is 84.5 Å². The van der Waals surface area contributed by atoms with Gasteiger partial charge in [-0.3, -0.25) is 4.79 Å². The van der Waals surface area contributed by atoms with Crippen molar-refractivity contribution in [2.24, 2.45) is 0 Å². The third kappa shape index (κ3) is 5.66. The molecule has 1 aromatic heterocycles. The lowest BCUT2D eigenvalue weighted by atomic mass is 10.2. The Morgan fingerprint density at radius 2 is 1.82 bits per heavy atom. The Morgan fingerprint density at radius 1 is 1.04 bits per heavy atom. The zero-order valence-corrected chi connectivity index (χ0v) is 16.8. The highest BCUT2D eigenvalue weighted by Crippen LogP contribution is 2.23. The molecular weight excluding hydrogens is 396 g/mol. The Hall–Kier alpha value is -2.68.